The summed E-state index contributed by atoms with van der Waals surface area (Å²) >= 11 is 0. The molecule has 15 heavy (non-hydrogen) atoms. The van der Waals surface area contributed by atoms with E-state index in [1.807, 2.05) is 0 Å². The minimum Gasteiger partial charge on any atom is -0.390 e. The molecule has 2 heteroatoms. The maximum Gasteiger partial charge on any atom is 0.0831 e. The molecule has 1 radical (unpaired) electrons. The maximum absolute atomic E-state index is 9.57. The highest BCUT2D eigenvalue weighted by Crippen LogP contribution is 2.11. The van der Waals surface area contributed by atoms with Crippen molar-refractivity contribution in [3.63, 3.8) is 0 Å². The fourth-order valence-corrected chi connectivity index (χ4v) is 1.65. The molecule has 0 spiro atoms. The third kappa shape index (κ3) is 8.88. The summed E-state index contributed by atoms with van der Waals surface area (Å²) in [6, 6.07) is 0. The van der Waals surface area contributed by atoms with E-state index >= 15 is 0 Å². The van der Waals surface area contributed by atoms with Crippen molar-refractivity contribution in [3.05, 3.63) is 6.92 Å². The number of aliphatic hydroxyl groups is 1. The summed E-state index contributed by atoms with van der Waals surface area (Å²) in [7, 11) is 1.59. The molecule has 0 saturated heterocycles. The van der Waals surface area contributed by atoms with E-state index in [1.165, 1.54) is 38.5 Å². The van der Waals surface area contributed by atoms with Crippen molar-refractivity contribution in [1.29, 1.82) is 0 Å². The van der Waals surface area contributed by atoms with Crippen LogP contribution in [0.5, 0.6) is 0 Å². The van der Waals surface area contributed by atoms with Gasteiger partial charge in [-0.3, -0.25) is 0 Å². The Hall–Kier alpha value is -0.0800. The Morgan fingerprint density at radius 3 is 2.13 bits per heavy atom. The lowest BCUT2D eigenvalue weighted by molar-refractivity contribution is 0.00976. The Kier molecular flexibility index (Phi) is 10.4. The lowest BCUT2D eigenvalue weighted by atomic mass is 10.0. The summed E-state index contributed by atoms with van der Waals surface area (Å²) in [4.78, 5) is 0. The zero-order chi connectivity index (χ0) is 11.5. The van der Waals surface area contributed by atoms with Gasteiger partial charge in [0, 0.05) is 7.11 Å². The number of ether oxygens (including phenoxy) is 1. The van der Waals surface area contributed by atoms with E-state index in [0.29, 0.717) is 0 Å². The average molecular weight is 215 g/mol. The van der Waals surface area contributed by atoms with E-state index in [4.69, 9.17) is 4.74 Å². The van der Waals surface area contributed by atoms with Crippen LogP contribution in [-0.4, -0.2) is 24.4 Å². The molecule has 2 atom stereocenters. The summed E-state index contributed by atoms with van der Waals surface area (Å²) in [6.45, 7) is 5.96. The SMILES string of the molecule is [CH2]C(OC)C(O)CCCCCCCCC. The second-order valence-corrected chi connectivity index (χ2v) is 4.25. The zero-order valence-corrected chi connectivity index (χ0v) is 10.4. The van der Waals surface area contributed by atoms with Crippen LogP contribution in [0.1, 0.15) is 58.3 Å². The molecule has 1 N–H and O–H groups in total. The molecule has 0 saturated carbocycles. The van der Waals surface area contributed by atoms with Crippen LogP contribution >= 0.6 is 0 Å². The van der Waals surface area contributed by atoms with E-state index in [2.05, 4.69) is 13.8 Å². The Morgan fingerprint density at radius 1 is 1.07 bits per heavy atom. The minimum atomic E-state index is -0.398. The van der Waals surface area contributed by atoms with E-state index < -0.39 is 6.10 Å². The monoisotopic (exact) mass is 215 g/mol. The van der Waals surface area contributed by atoms with Crippen LogP contribution in [0, 0.1) is 6.92 Å². The minimum absolute atomic E-state index is 0.273. The number of unbranched alkanes of at least 4 members (excludes halogenated alkanes) is 6. The van der Waals surface area contributed by atoms with Gasteiger partial charge in [0.1, 0.15) is 0 Å². The average Bonchev–Trinajstić information content (AvgIpc) is 2.26. The second kappa shape index (κ2) is 10.4. The Labute approximate surface area is 95.0 Å². The van der Waals surface area contributed by atoms with Crippen molar-refractivity contribution in [1.82, 2.24) is 0 Å². The highest BCUT2D eigenvalue weighted by molar-refractivity contribution is 4.70. The van der Waals surface area contributed by atoms with Crippen molar-refractivity contribution >= 4 is 0 Å². The molecular weight excluding hydrogens is 188 g/mol. The largest absolute Gasteiger partial charge is 0.390 e. The first-order chi connectivity index (χ1) is 7.22. The molecule has 91 valence electrons. The van der Waals surface area contributed by atoms with E-state index in [0.717, 1.165) is 12.8 Å². The molecular formula is C13H27O2. The van der Waals surface area contributed by atoms with Gasteiger partial charge in [0.15, 0.2) is 0 Å². The van der Waals surface area contributed by atoms with Gasteiger partial charge in [-0.25, -0.2) is 0 Å². The molecule has 0 fully saturated rings. The van der Waals surface area contributed by atoms with E-state index in [-0.39, 0.29) is 6.10 Å². The summed E-state index contributed by atoms with van der Waals surface area (Å²) < 4.78 is 4.96. The quantitative estimate of drug-likeness (QED) is 0.566. The van der Waals surface area contributed by atoms with Crippen LogP contribution in [-0.2, 0) is 4.74 Å². The van der Waals surface area contributed by atoms with Gasteiger partial charge < -0.3 is 9.84 Å². The summed E-state index contributed by atoms with van der Waals surface area (Å²) in [5.41, 5.74) is 0. The van der Waals surface area contributed by atoms with Crippen LogP contribution in [0.3, 0.4) is 0 Å². The smallest absolute Gasteiger partial charge is 0.0831 e. The Morgan fingerprint density at radius 2 is 1.60 bits per heavy atom. The standard InChI is InChI=1S/C13H27O2/c1-4-5-6-7-8-9-10-11-13(14)12(2)15-3/h12-14H,2,4-11H2,1,3H3. The number of aliphatic hydroxyl groups excluding tert-OH is 1. The fraction of sp³-hybridized carbons (Fsp3) is 0.923. The van der Waals surface area contributed by atoms with Gasteiger partial charge in [-0.15, -0.1) is 0 Å². The highest BCUT2D eigenvalue weighted by atomic mass is 16.5. The van der Waals surface area contributed by atoms with Crippen LogP contribution in [0.15, 0.2) is 0 Å². The molecule has 0 aromatic heterocycles. The molecule has 0 aromatic carbocycles. The van der Waals surface area contributed by atoms with Crippen molar-refractivity contribution in [2.45, 2.75) is 70.5 Å². The first kappa shape index (κ1) is 14.9. The first-order valence-electron chi connectivity index (χ1n) is 6.26. The van der Waals surface area contributed by atoms with Crippen LogP contribution in [0.2, 0.25) is 0 Å². The second-order valence-electron chi connectivity index (χ2n) is 4.25. The molecule has 0 bridgehead atoms. The lowest BCUT2D eigenvalue weighted by Crippen LogP contribution is -2.24. The van der Waals surface area contributed by atoms with Crippen molar-refractivity contribution < 1.29 is 9.84 Å². The highest BCUT2D eigenvalue weighted by Gasteiger charge is 2.11. The van der Waals surface area contributed by atoms with Gasteiger partial charge in [0.2, 0.25) is 0 Å². The maximum atomic E-state index is 9.57. The fourth-order valence-electron chi connectivity index (χ4n) is 1.65. The number of methoxy groups -OCH3 is 1. The van der Waals surface area contributed by atoms with Crippen molar-refractivity contribution in [2.24, 2.45) is 0 Å². The van der Waals surface area contributed by atoms with Gasteiger partial charge in [-0.05, 0) is 13.3 Å². The van der Waals surface area contributed by atoms with Crippen LogP contribution in [0.4, 0.5) is 0 Å². The molecule has 0 aliphatic carbocycles. The molecule has 0 amide bonds. The van der Waals surface area contributed by atoms with Crippen molar-refractivity contribution in [2.75, 3.05) is 7.11 Å². The molecule has 0 aliphatic heterocycles. The van der Waals surface area contributed by atoms with Gasteiger partial charge in [0.25, 0.3) is 0 Å². The first-order valence-corrected chi connectivity index (χ1v) is 6.26. The van der Waals surface area contributed by atoms with Gasteiger partial charge in [-0.2, -0.15) is 0 Å². The number of hydrogen-bond acceptors (Lipinski definition) is 2. The molecule has 2 unspecified atom stereocenters. The zero-order valence-electron chi connectivity index (χ0n) is 10.4. The Bertz CT molecular complexity index is 126. The molecule has 0 heterocycles. The van der Waals surface area contributed by atoms with Gasteiger partial charge >= 0.3 is 0 Å². The summed E-state index contributed by atoms with van der Waals surface area (Å²) in [5.74, 6) is 0. The molecule has 0 rings (SSSR count). The van der Waals surface area contributed by atoms with E-state index in [9.17, 15) is 5.11 Å². The Balaban J connectivity index is 3.16. The van der Waals surface area contributed by atoms with Crippen LogP contribution in [0.25, 0.3) is 0 Å². The van der Waals surface area contributed by atoms with Gasteiger partial charge in [0.05, 0.1) is 12.2 Å². The molecule has 2 nitrogen and oxygen atoms in total. The van der Waals surface area contributed by atoms with E-state index in [1.54, 1.807) is 7.11 Å². The normalized spacial score (nSPS) is 15.2. The number of hydrogen-bond donors (Lipinski definition) is 1. The van der Waals surface area contributed by atoms with Crippen molar-refractivity contribution in [3.8, 4) is 0 Å². The van der Waals surface area contributed by atoms with Gasteiger partial charge in [-0.1, -0.05) is 51.9 Å². The number of rotatable bonds is 10. The predicted molar refractivity (Wildman–Crippen MR) is 64.8 cm³/mol. The third-order valence-corrected chi connectivity index (χ3v) is 2.84. The predicted octanol–water partition coefficient (Wildman–Crippen LogP) is 3.34. The molecule has 0 aromatic rings. The lowest BCUT2D eigenvalue weighted by Gasteiger charge is -2.16. The molecule has 0 aliphatic rings. The topological polar surface area (TPSA) is 29.5 Å². The summed E-state index contributed by atoms with van der Waals surface area (Å²) in [5, 5.41) is 9.57. The third-order valence-electron chi connectivity index (χ3n) is 2.84. The van der Waals surface area contributed by atoms with Crippen LogP contribution < -0.4 is 0 Å². The summed E-state index contributed by atoms with van der Waals surface area (Å²) in [6.07, 6.45) is 9.09.